The largest absolute Gasteiger partial charge is 0.314 e. The number of nitrogens with one attached hydrogen (secondary N) is 1. The first-order valence-corrected chi connectivity index (χ1v) is 5.03. The number of aryl methyl sites for hydroxylation is 1. The molecule has 0 bridgehead atoms. The van der Waals surface area contributed by atoms with Gasteiger partial charge in [-0.3, -0.25) is 0 Å². The predicted molar refractivity (Wildman–Crippen MR) is 58.8 cm³/mol. The Kier molecular flexibility index (Phi) is 2.96. The van der Waals surface area contributed by atoms with Gasteiger partial charge in [0.05, 0.1) is 17.6 Å². The quantitative estimate of drug-likeness (QED) is 0.851. The van der Waals surface area contributed by atoms with E-state index < -0.39 is 0 Å². The smallest absolute Gasteiger partial charge is 0.128 e. The average Bonchev–Trinajstić information content (AvgIpc) is 2.71. The van der Waals surface area contributed by atoms with Gasteiger partial charge in [-0.15, -0.1) is 5.10 Å². The summed E-state index contributed by atoms with van der Waals surface area (Å²) in [7, 11) is 1.84. The van der Waals surface area contributed by atoms with E-state index in [2.05, 4.69) is 15.6 Å². The molecule has 1 heterocycles. The first kappa shape index (κ1) is 10.8. The van der Waals surface area contributed by atoms with Crippen LogP contribution in [0.4, 0.5) is 4.39 Å². The molecule has 16 heavy (non-hydrogen) atoms. The lowest BCUT2D eigenvalue weighted by molar-refractivity contribution is 0.615. The molecule has 2 aromatic rings. The molecule has 2 rings (SSSR count). The third-order valence-corrected chi connectivity index (χ3v) is 2.32. The van der Waals surface area contributed by atoms with Crippen molar-refractivity contribution in [2.45, 2.75) is 13.5 Å². The van der Waals surface area contributed by atoms with Crippen LogP contribution in [0.15, 0.2) is 24.4 Å². The molecule has 0 fully saturated rings. The topological polar surface area (TPSA) is 42.7 Å². The van der Waals surface area contributed by atoms with Gasteiger partial charge in [0.15, 0.2) is 0 Å². The van der Waals surface area contributed by atoms with Crippen molar-refractivity contribution in [3.05, 3.63) is 41.5 Å². The summed E-state index contributed by atoms with van der Waals surface area (Å²) in [6, 6.07) is 4.99. The van der Waals surface area contributed by atoms with Crippen LogP contribution >= 0.6 is 0 Å². The Hall–Kier alpha value is -1.75. The zero-order chi connectivity index (χ0) is 11.5. The summed E-state index contributed by atoms with van der Waals surface area (Å²) in [5, 5.41) is 10.9. The SMILES string of the molecule is CNCc1cn(-c2ccc(C)c(F)c2)nn1. The van der Waals surface area contributed by atoms with Gasteiger partial charge in [-0.2, -0.15) is 0 Å². The maximum atomic E-state index is 13.3. The number of benzene rings is 1. The molecule has 0 radical (unpaired) electrons. The fraction of sp³-hybridized carbons (Fsp3) is 0.273. The molecule has 0 unspecified atom stereocenters. The Bertz CT molecular complexity index is 492. The fourth-order valence-electron chi connectivity index (χ4n) is 1.41. The maximum Gasteiger partial charge on any atom is 0.128 e. The third kappa shape index (κ3) is 2.09. The first-order chi connectivity index (χ1) is 7.70. The molecule has 1 N–H and O–H groups in total. The molecule has 0 saturated carbocycles. The van der Waals surface area contributed by atoms with E-state index in [9.17, 15) is 4.39 Å². The number of nitrogens with zero attached hydrogens (tertiary/aromatic N) is 3. The molecule has 0 saturated heterocycles. The highest BCUT2D eigenvalue weighted by molar-refractivity contribution is 5.34. The van der Waals surface area contributed by atoms with E-state index in [0.29, 0.717) is 17.8 Å². The zero-order valence-corrected chi connectivity index (χ0v) is 9.24. The van der Waals surface area contributed by atoms with Gasteiger partial charge in [0.25, 0.3) is 0 Å². The van der Waals surface area contributed by atoms with E-state index in [1.807, 2.05) is 13.1 Å². The Morgan fingerprint density at radius 1 is 1.44 bits per heavy atom. The molecule has 0 atom stereocenters. The first-order valence-electron chi connectivity index (χ1n) is 5.03. The Labute approximate surface area is 93.1 Å². The van der Waals surface area contributed by atoms with Crippen LogP contribution in [0.1, 0.15) is 11.3 Å². The minimum absolute atomic E-state index is 0.233. The van der Waals surface area contributed by atoms with Gasteiger partial charge in [-0.25, -0.2) is 9.07 Å². The van der Waals surface area contributed by atoms with Crippen molar-refractivity contribution >= 4 is 0 Å². The van der Waals surface area contributed by atoms with Crippen LogP contribution in [0.2, 0.25) is 0 Å². The van der Waals surface area contributed by atoms with Crippen LogP contribution in [0.25, 0.3) is 5.69 Å². The van der Waals surface area contributed by atoms with E-state index >= 15 is 0 Å². The van der Waals surface area contributed by atoms with E-state index in [-0.39, 0.29) is 5.82 Å². The van der Waals surface area contributed by atoms with Crippen molar-refractivity contribution < 1.29 is 4.39 Å². The summed E-state index contributed by atoms with van der Waals surface area (Å²) in [4.78, 5) is 0. The molecule has 0 aliphatic rings. The maximum absolute atomic E-state index is 13.3. The van der Waals surface area contributed by atoms with Gasteiger partial charge in [0, 0.05) is 6.54 Å². The fourth-order valence-corrected chi connectivity index (χ4v) is 1.41. The predicted octanol–water partition coefficient (Wildman–Crippen LogP) is 1.43. The van der Waals surface area contributed by atoms with Crippen molar-refractivity contribution in [3.63, 3.8) is 0 Å². The molecule has 0 aliphatic heterocycles. The Morgan fingerprint density at radius 3 is 2.94 bits per heavy atom. The molecular weight excluding hydrogens is 207 g/mol. The number of hydrogen-bond acceptors (Lipinski definition) is 3. The van der Waals surface area contributed by atoms with E-state index in [4.69, 9.17) is 0 Å². The lowest BCUT2D eigenvalue weighted by atomic mass is 10.2. The highest BCUT2D eigenvalue weighted by Gasteiger charge is 2.04. The molecule has 1 aromatic heterocycles. The van der Waals surface area contributed by atoms with Crippen molar-refractivity contribution in [1.29, 1.82) is 0 Å². The summed E-state index contributed by atoms with van der Waals surface area (Å²) < 4.78 is 14.9. The molecule has 0 amide bonds. The van der Waals surface area contributed by atoms with Gasteiger partial charge in [-0.05, 0) is 31.7 Å². The summed E-state index contributed by atoms with van der Waals surface area (Å²) in [6.07, 6.45) is 1.78. The van der Waals surface area contributed by atoms with Crippen LogP contribution in [0.5, 0.6) is 0 Å². The number of hydrogen-bond donors (Lipinski definition) is 1. The molecule has 5 heteroatoms. The summed E-state index contributed by atoms with van der Waals surface area (Å²) in [5.41, 5.74) is 2.13. The number of rotatable bonds is 3. The van der Waals surface area contributed by atoms with Crippen molar-refractivity contribution in [2.75, 3.05) is 7.05 Å². The summed E-state index contributed by atoms with van der Waals surface area (Å²) in [6.45, 7) is 2.38. The van der Waals surface area contributed by atoms with Crippen LogP contribution in [-0.4, -0.2) is 22.0 Å². The minimum atomic E-state index is -0.233. The monoisotopic (exact) mass is 220 g/mol. The zero-order valence-electron chi connectivity index (χ0n) is 9.24. The molecular formula is C11H13FN4. The van der Waals surface area contributed by atoms with E-state index in [0.717, 1.165) is 5.69 Å². The van der Waals surface area contributed by atoms with Crippen LogP contribution in [0.3, 0.4) is 0 Å². The van der Waals surface area contributed by atoms with Crippen molar-refractivity contribution in [3.8, 4) is 5.69 Å². The second kappa shape index (κ2) is 4.40. The summed E-state index contributed by atoms with van der Waals surface area (Å²) >= 11 is 0. The molecule has 1 aromatic carbocycles. The highest BCUT2D eigenvalue weighted by Crippen LogP contribution is 2.12. The second-order valence-corrected chi connectivity index (χ2v) is 3.62. The minimum Gasteiger partial charge on any atom is -0.314 e. The number of aromatic nitrogens is 3. The second-order valence-electron chi connectivity index (χ2n) is 3.62. The van der Waals surface area contributed by atoms with Gasteiger partial charge < -0.3 is 5.32 Å². The molecule has 0 aliphatic carbocycles. The van der Waals surface area contributed by atoms with Gasteiger partial charge in [0.2, 0.25) is 0 Å². The van der Waals surface area contributed by atoms with Crippen molar-refractivity contribution in [1.82, 2.24) is 20.3 Å². The highest BCUT2D eigenvalue weighted by atomic mass is 19.1. The summed E-state index contributed by atoms with van der Waals surface area (Å²) in [5.74, 6) is -0.233. The Morgan fingerprint density at radius 2 is 2.25 bits per heavy atom. The molecule has 84 valence electrons. The van der Waals surface area contributed by atoms with Gasteiger partial charge in [-0.1, -0.05) is 11.3 Å². The van der Waals surface area contributed by atoms with Crippen molar-refractivity contribution in [2.24, 2.45) is 0 Å². The van der Waals surface area contributed by atoms with Gasteiger partial charge >= 0.3 is 0 Å². The normalized spacial score (nSPS) is 10.7. The number of halogens is 1. The van der Waals surface area contributed by atoms with Crippen LogP contribution in [-0.2, 0) is 6.54 Å². The Balaban J connectivity index is 2.31. The average molecular weight is 220 g/mol. The standard InChI is InChI=1S/C11H13FN4/c1-8-3-4-10(5-11(8)12)16-7-9(6-13-2)14-15-16/h3-5,7,13H,6H2,1-2H3. The van der Waals surface area contributed by atoms with E-state index in [1.54, 1.807) is 23.9 Å². The van der Waals surface area contributed by atoms with Crippen LogP contribution < -0.4 is 5.32 Å². The lowest BCUT2D eigenvalue weighted by Crippen LogP contribution is -2.05. The molecule has 4 nitrogen and oxygen atoms in total. The third-order valence-electron chi connectivity index (χ3n) is 2.32. The molecule has 0 spiro atoms. The lowest BCUT2D eigenvalue weighted by Gasteiger charge is -2.01. The van der Waals surface area contributed by atoms with E-state index in [1.165, 1.54) is 6.07 Å². The van der Waals surface area contributed by atoms with Crippen LogP contribution in [0, 0.1) is 12.7 Å². The van der Waals surface area contributed by atoms with Gasteiger partial charge in [0.1, 0.15) is 5.82 Å².